The highest BCUT2D eigenvalue weighted by atomic mass is 35.5. The lowest BCUT2D eigenvalue weighted by molar-refractivity contribution is -0.0475. The number of rotatable bonds is 5. The Balaban J connectivity index is 1.51. The van der Waals surface area contributed by atoms with Crippen LogP contribution in [0.5, 0.6) is 0 Å². The highest BCUT2D eigenvalue weighted by Gasteiger charge is 2.43. The van der Waals surface area contributed by atoms with Gasteiger partial charge >= 0.3 is 0 Å². The van der Waals surface area contributed by atoms with E-state index in [0.717, 1.165) is 25.0 Å². The van der Waals surface area contributed by atoms with Gasteiger partial charge in [0.2, 0.25) is 0 Å². The first-order valence-corrected chi connectivity index (χ1v) is 7.83. The minimum Gasteiger partial charge on any atom is -0.370 e. The molecule has 2 nitrogen and oxygen atoms in total. The minimum atomic E-state index is 0.293. The molecule has 1 heterocycles. The van der Waals surface area contributed by atoms with Crippen molar-refractivity contribution in [3.63, 3.8) is 0 Å². The van der Waals surface area contributed by atoms with Crippen LogP contribution in [0.3, 0.4) is 0 Å². The number of hydrogen-bond acceptors (Lipinski definition) is 2. The van der Waals surface area contributed by atoms with Crippen molar-refractivity contribution in [2.75, 3.05) is 19.0 Å². The molecule has 1 saturated heterocycles. The Kier molecular flexibility index (Phi) is 3.65. The van der Waals surface area contributed by atoms with E-state index < -0.39 is 0 Å². The maximum atomic E-state index is 6.38. The third-order valence-corrected chi connectivity index (χ3v) is 4.90. The Morgan fingerprint density at radius 1 is 1.12 bits per heavy atom. The number of ether oxygens (including phenoxy) is 1. The van der Waals surface area contributed by atoms with E-state index in [0.29, 0.717) is 11.7 Å². The van der Waals surface area contributed by atoms with Crippen molar-refractivity contribution in [3.8, 4) is 0 Å². The molecule has 0 aromatic heterocycles. The van der Waals surface area contributed by atoms with E-state index in [1.807, 2.05) is 0 Å². The van der Waals surface area contributed by atoms with Crippen LogP contribution in [-0.4, -0.2) is 41.6 Å². The van der Waals surface area contributed by atoms with Gasteiger partial charge in [-0.2, -0.15) is 0 Å². The molecule has 3 heteroatoms. The first-order chi connectivity index (χ1) is 8.31. The van der Waals surface area contributed by atoms with Gasteiger partial charge in [0.15, 0.2) is 0 Å². The fraction of sp³-hybridized carbons (Fsp3) is 1.00. The highest BCUT2D eigenvalue weighted by Crippen LogP contribution is 2.43. The summed E-state index contributed by atoms with van der Waals surface area (Å²) in [6, 6.07) is 0.817. The van der Waals surface area contributed by atoms with Gasteiger partial charge in [-0.25, -0.2) is 0 Å². The fourth-order valence-electron chi connectivity index (χ4n) is 3.64. The average Bonchev–Trinajstić information content (AvgIpc) is 2.97. The Hall–Kier alpha value is 0.210. The van der Waals surface area contributed by atoms with Crippen LogP contribution in [0.15, 0.2) is 0 Å². The van der Waals surface area contributed by atoms with E-state index in [-0.39, 0.29) is 0 Å². The van der Waals surface area contributed by atoms with Crippen LogP contribution in [0.2, 0.25) is 0 Å². The highest BCUT2D eigenvalue weighted by molar-refractivity contribution is 6.18. The van der Waals surface area contributed by atoms with Crippen molar-refractivity contribution < 1.29 is 4.74 Å². The molecule has 0 aromatic rings. The lowest BCUT2D eigenvalue weighted by Gasteiger charge is -2.27. The zero-order chi connectivity index (χ0) is 11.7. The van der Waals surface area contributed by atoms with Crippen molar-refractivity contribution in [1.82, 2.24) is 4.90 Å². The Morgan fingerprint density at radius 2 is 1.88 bits per heavy atom. The SMILES string of the molecule is ClCCN(CC1CCC2(CCCC2)O1)C1CC1. The summed E-state index contributed by atoms with van der Waals surface area (Å²) >= 11 is 5.89. The molecule has 3 rings (SSSR count). The zero-order valence-corrected chi connectivity index (χ0v) is 11.4. The van der Waals surface area contributed by atoms with Gasteiger partial charge in [0.25, 0.3) is 0 Å². The summed E-state index contributed by atoms with van der Waals surface area (Å²) in [6.45, 7) is 2.16. The van der Waals surface area contributed by atoms with Crippen molar-refractivity contribution in [1.29, 1.82) is 0 Å². The van der Waals surface area contributed by atoms with Gasteiger partial charge in [0, 0.05) is 25.0 Å². The maximum absolute atomic E-state index is 6.38. The average molecular weight is 258 g/mol. The maximum Gasteiger partial charge on any atom is 0.0710 e. The largest absolute Gasteiger partial charge is 0.370 e. The molecule has 2 saturated carbocycles. The molecule has 0 N–H and O–H groups in total. The summed E-state index contributed by atoms with van der Waals surface area (Å²) in [5.41, 5.74) is 0.293. The van der Waals surface area contributed by atoms with E-state index in [4.69, 9.17) is 16.3 Å². The molecular formula is C14H24ClNO. The predicted molar refractivity (Wildman–Crippen MR) is 70.6 cm³/mol. The van der Waals surface area contributed by atoms with Crippen LogP contribution in [0.4, 0.5) is 0 Å². The number of alkyl halides is 1. The molecule has 98 valence electrons. The van der Waals surface area contributed by atoms with E-state index >= 15 is 0 Å². The molecule has 3 fully saturated rings. The van der Waals surface area contributed by atoms with Gasteiger partial charge in [-0.05, 0) is 38.5 Å². The van der Waals surface area contributed by atoms with Crippen LogP contribution in [0, 0.1) is 0 Å². The van der Waals surface area contributed by atoms with E-state index in [1.54, 1.807) is 0 Å². The summed E-state index contributed by atoms with van der Waals surface area (Å²) in [7, 11) is 0. The van der Waals surface area contributed by atoms with Gasteiger partial charge in [-0.3, -0.25) is 4.90 Å². The van der Waals surface area contributed by atoms with Gasteiger partial charge in [-0.1, -0.05) is 12.8 Å². The Morgan fingerprint density at radius 3 is 2.53 bits per heavy atom. The van der Waals surface area contributed by atoms with Crippen LogP contribution in [-0.2, 0) is 4.74 Å². The Bertz CT molecular complexity index is 261. The second-order valence-corrected chi connectivity index (χ2v) is 6.46. The number of nitrogens with zero attached hydrogens (tertiary/aromatic N) is 1. The summed E-state index contributed by atoms with van der Waals surface area (Å²) < 4.78 is 6.38. The molecule has 0 amide bonds. The molecule has 2 aliphatic carbocycles. The third kappa shape index (κ3) is 2.80. The molecular weight excluding hydrogens is 234 g/mol. The fourth-order valence-corrected chi connectivity index (χ4v) is 3.86. The number of halogens is 1. The molecule has 1 aliphatic heterocycles. The van der Waals surface area contributed by atoms with Gasteiger partial charge in [0.1, 0.15) is 0 Å². The minimum absolute atomic E-state index is 0.293. The molecule has 1 atom stereocenters. The smallest absolute Gasteiger partial charge is 0.0710 e. The normalized spacial score (nSPS) is 31.8. The third-order valence-electron chi connectivity index (χ3n) is 4.73. The van der Waals surface area contributed by atoms with Gasteiger partial charge in [-0.15, -0.1) is 11.6 Å². The standard InChI is InChI=1S/C14H24ClNO/c15-9-10-16(12-3-4-12)11-13-5-8-14(17-13)6-1-2-7-14/h12-13H,1-11H2. The van der Waals surface area contributed by atoms with Crippen molar-refractivity contribution in [2.45, 2.75) is 69.1 Å². The van der Waals surface area contributed by atoms with Crippen LogP contribution >= 0.6 is 11.6 Å². The van der Waals surface area contributed by atoms with Crippen LogP contribution in [0.1, 0.15) is 51.4 Å². The predicted octanol–water partition coefficient (Wildman–Crippen LogP) is 3.18. The quantitative estimate of drug-likeness (QED) is 0.702. The molecule has 0 radical (unpaired) electrons. The lowest BCUT2D eigenvalue weighted by atomic mass is 9.98. The number of hydrogen-bond donors (Lipinski definition) is 0. The molecule has 17 heavy (non-hydrogen) atoms. The molecule has 0 aromatic carbocycles. The first kappa shape index (κ1) is 12.3. The topological polar surface area (TPSA) is 12.5 Å². The van der Waals surface area contributed by atoms with Gasteiger partial charge < -0.3 is 4.74 Å². The lowest BCUT2D eigenvalue weighted by Crippen LogP contribution is -2.37. The van der Waals surface area contributed by atoms with Crippen LogP contribution in [0.25, 0.3) is 0 Å². The Labute approximate surface area is 110 Å². The first-order valence-electron chi connectivity index (χ1n) is 7.29. The van der Waals surface area contributed by atoms with Crippen molar-refractivity contribution in [2.24, 2.45) is 0 Å². The molecule has 3 aliphatic rings. The summed E-state index contributed by atoms with van der Waals surface area (Å²) in [5.74, 6) is 0.758. The monoisotopic (exact) mass is 257 g/mol. The summed E-state index contributed by atoms with van der Waals surface area (Å²) in [5, 5.41) is 0. The van der Waals surface area contributed by atoms with Crippen LogP contribution < -0.4 is 0 Å². The molecule has 1 spiro atoms. The second kappa shape index (κ2) is 5.07. The zero-order valence-electron chi connectivity index (χ0n) is 10.7. The molecule has 0 bridgehead atoms. The summed E-state index contributed by atoms with van der Waals surface area (Å²) in [4.78, 5) is 2.56. The van der Waals surface area contributed by atoms with Crippen molar-refractivity contribution in [3.05, 3.63) is 0 Å². The van der Waals surface area contributed by atoms with Crippen molar-refractivity contribution >= 4 is 11.6 Å². The van der Waals surface area contributed by atoms with E-state index in [1.165, 1.54) is 51.4 Å². The van der Waals surface area contributed by atoms with E-state index in [9.17, 15) is 0 Å². The summed E-state index contributed by atoms with van der Waals surface area (Å²) in [6.07, 6.45) is 11.2. The second-order valence-electron chi connectivity index (χ2n) is 6.08. The molecule has 1 unspecified atom stereocenters. The van der Waals surface area contributed by atoms with E-state index in [2.05, 4.69) is 4.90 Å². The van der Waals surface area contributed by atoms with Gasteiger partial charge in [0.05, 0.1) is 11.7 Å².